The number of hydrogen-bond donors (Lipinski definition) is 0. The van der Waals surface area contributed by atoms with E-state index in [4.69, 9.17) is 14.2 Å². The topological polar surface area (TPSA) is 68.3 Å². The van der Waals surface area contributed by atoms with Crippen molar-refractivity contribution in [3.63, 3.8) is 0 Å². The van der Waals surface area contributed by atoms with Crippen LogP contribution in [0.25, 0.3) is 0 Å². The lowest BCUT2D eigenvalue weighted by molar-refractivity contribution is -0.146. The number of amides is 2. The molecule has 2 amide bonds. The molecule has 0 radical (unpaired) electrons. The zero-order valence-electron chi connectivity index (χ0n) is 15.7. The van der Waals surface area contributed by atoms with Crippen LogP contribution in [0.2, 0.25) is 0 Å². The molecule has 3 rings (SSSR count). The van der Waals surface area contributed by atoms with Crippen LogP contribution in [-0.4, -0.2) is 65.8 Å². The molecule has 1 aromatic rings. The van der Waals surface area contributed by atoms with Gasteiger partial charge < -0.3 is 24.0 Å². The second-order valence-electron chi connectivity index (χ2n) is 7.60. The zero-order valence-corrected chi connectivity index (χ0v) is 15.7. The second-order valence-corrected chi connectivity index (χ2v) is 7.60. The highest BCUT2D eigenvalue weighted by molar-refractivity contribution is 5.83. The molecule has 2 aliphatic rings. The van der Waals surface area contributed by atoms with Crippen molar-refractivity contribution in [2.45, 2.75) is 45.5 Å². The summed E-state index contributed by atoms with van der Waals surface area (Å²) >= 11 is 0. The fourth-order valence-electron chi connectivity index (χ4n) is 3.01. The van der Waals surface area contributed by atoms with Crippen molar-refractivity contribution >= 4 is 12.0 Å². The Bertz CT molecular complexity index is 677. The molecule has 2 aliphatic heterocycles. The predicted molar refractivity (Wildman–Crippen MR) is 95.3 cm³/mol. The molecule has 1 fully saturated rings. The van der Waals surface area contributed by atoms with Gasteiger partial charge in [0.25, 0.3) is 5.91 Å². The highest BCUT2D eigenvalue weighted by atomic mass is 16.6. The lowest BCUT2D eigenvalue weighted by Crippen LogP contribution is -2.57. The van der Waals surface area contributed by atoms with Crippen LogP contribution in [0, 0.1) is 0 Å². The number of ether oxygens (including phenoxy) is 3. The van der Waals surface area contributed by atoms with E-state index in [9.17, 15) is 9.59 Å². The summed E-state index contributed by atoms with van der Waals surface area (Å²) in [5, 5.41) is 0. The molecule has 142 valence electrons. The largest absolute Gasteiger partial charge is 0.482 e. The van der Waals surface area contributed by atoms with Crippen molar-refractivity contribution in [3.05, 3.63) is 24.3 Å². The van der Waals surface area contributed by atoms with Crippen LogP contribution in [0.15, 0.2) is 24.3 Å². The summed E-state index contributed by atoms with van der Waals surface area (Å²) in [5.41, 5.74) is -0.528. The summed E-state index contributed by atoms with van der Waals surface area (Å²) in [7, 11) is 0. The molecule has 0 spiro atoms. The predicted octanol–water partition coefficient (Wildman–Crippen LogP) is 2.29. The van der Waals surface area contributed by atoms with Crippen molar-refractivity contribution in [2.24, 2.45) is 0 Å². The average molecular weight is 362 g/mol. The Balaban J connectivity index is 1.58. The minimum atomic E-state index is -0.682. The Morgan fingerprint density at radius 3 is 2.12 bits per heavy atom. The molecular weight excluding hydrogens is 336 g/mol. The van der Waals surface area contributed by atoms with E-state index in [-0.39, 0.29) is 18.1 Å². The molecule has 1 saturated heterocycles. The Hall–Kier alpha value is -2.44. The Morgan fingerprint density at radius 1 is 1.00 bits per heavy atom. The SMILES string of the molecule is C[C@H]1Oc2ccccc2O[C@H]1C(=O)N1CCN(C(=O)OC(C)(C)C)CC1. The number of fused-ring (bicyclic) bond motifs is 1. The summed E-state index contributed by atoms with van der Waals surface area (Å²) in [6, 6.07) is 7.33. The Kier molecular flexibility index (Phi) is 4.98. The van der Waals surface area contributed by atoms with Crippen LogP contribution >= 0.6 is 0 Å². The average Bonchev–Trinajstić information content (AvgIpc) is 2.59. The molecule has 0 aliphatic carbocycles. The van der Waals surface area contributed by atoms with Crippen LogP contribution < -0.4 is 9.47 Å². The molecule has 7 nitrogen and oxygen atoms in total. The number of para-hydroxylation sites is 2. The van der Waals surface area contributed by atoms with Gasteiger partial charge in [0.05, 0.1) is 0 Å². The fraction of sp³-hybridized carbons (Fsp3) is 0.579. The van der Waals surface area contributed by atoms with Crippen molar-refractivity contribution in [1.82, 2.24) is 9.80 Å². The first-order valence-electron chi connectivity index (χ1n) is 8.93. The van der Waals surface area contributed by atoms with E-state index in [0.29, 0.717) is 37.7 Å². The molecule has 26 heavy (non-hydrogen) atoms. The van der Waals surface area contributed by atoms with Gasteiger partial charge in [0.15, 0.2) is 11.5 Å². The lowest BCUT2D eigenvalue weighted by atomic mass is 10.1. The van der Waals surface area contributed by atoms with E-state index in [2.05, 4.69) is 0 Å². The van der Waals surface area contributed by atoms with Gasteiger partial charge in [0.2, 0.25) is 6.10 Å². The van der Waals surface area contributed by atoms with Crippen molar-refractivity contribution in [1.29, 1.82) is 0 Å². The summed E-state index contributed by atoms with van der Waals surface area (Å²) < 4.78 is 17.1. The Morgan fingerprint density at radius 2 is 1.54 bits per heavy atom. The third-order valence-electron chi connectivity index (χ3n) is 4.33. The van der Waals surface area contributed by atoms with Crippen LogP contribution in [0.5, 0.6) is 11.5 Å². The molecule has 0 aromatic heterocycles. The third kappa shape index (κ3) is 4.03. The monoisotopic (exact) mass is 362 g/mol. The normalized spacial score (nSPS) is 22.8. The molecule has 0 unspecified atom stereocenters. The van der Waals surface area contributed by atoms with Gasteiger partial charge in [-0.25, -0.2) is 4.79 Å². The van der Waals surface area contributed by atoms with Gasteiger partial charge >= 0.3 is 6.09 Å². The lowest BCUT2D eigenvalue weighted by Gasteiger charge is -2.39. The fourth-order valence-corrected chi connectivity index (χ4v) is 3.01. The first kappa shape index (κ1) is 18.4. The van der Waals surface area contributed by atoms with Gasteiger partial charge in [-0.2, -0.15) is 0 Å². The highest BCUT2D eigenvalue weighted by Crippen LogP contribution is 2.34. The van der Waals surface area contributed by atoms with E-state index in [1.165, 1.54) is 0 Å². The molecule has 2 atom stereocenters. The van der Waals surface area contributed by atoms with Gasteiger partial charge in [-0.3, -0.25) is 4.79 Å². The first-order chi connectivity index (χ1) is 12.2. The van der Waals surface area contributed by atoms with E-state index < -0.39 is 11.7 Å². The molecule has 7 heteroatoms. The zero-order chi connectivity index (χ0) is 18.9. The van der Waals surface area contributed by atoms with E-state index in [1.54, 1.807) is 15.9 Å². The molecule has 0 bridgehead atoms. The van der Waals surface area contributed by atoms with Gasteiger partial charge in [-0.05, 0) is 39.8 Å². The van der Waals surface area contributed by atoms with Crippen LogP contribution in [0.4, 0.5) is 4.79 Å². The molecule has 2 heterocycles. The second kappa shape index (κ2) is 7.05. The van der Waals surface area contributed by atoms with Crippen molar-refractivity contribution < 1.29 is 23.8 Å². The number of benzene rings is 1. The van der Waals surface area contributed by atoms with Crippen molar-refractivity contribution in [2.75, 3.05) is 26.2 Å². The van der Waals surface area contributed by atoms with E-state index in [1.807, 2.05) is 45.9 Å². The van der Waals surface area contributed by atoms with Crippen molar-refractivity contribution in [3.8, 4) is 11.5 Å². The van der Waals surface area contributed by atoms with Gasteiger partial charge in [0.1, 0.15) is 11.7 Å². The quantitative estimate of drug-likeness (QED) is 0.767. The molecule has 1 aromatic carbocycles. The summed E-state index contributed by atoms with van der Waals surface area (Å²) in [4.78, 5) is 28.4. The minimum Gasteiger partial charge on any atom is -0.482 e. The minimum absolute atomic E-state index is 0.115. The maximum Gasteiger partial charge on any atom is 0.410 e. The molecular formula is C19H26N2O5. The van der Waals surface area contributed by atoms with Crippen LogP contribution in [-0.2, 0) is 9.53 Å². The first-order valence-corrected chi connectivity index (χ1v) is 8.93. The number of hydrogen-bond acceptors (Lipinski definition) is 5. The van der Waals surface area contributed by atoms with E-state index in [0.717, 1.165) is 0 Å². The number of piperazine rings is 1. The van der Waals surface area contributed by atoms with Gasteiger partial charge in [0, 0.05) is 26.2 Å². The third-order valence-corrected chi connectivity index (χ3v) is 4.33. The number of nitrogens with zero attached hydrogens (tertiary/aromatic N) is 2. The summed E-state index contributed by atoms with van der Waals surface area (Å²) in [6.45, 7) is 9.13. The number of carbonyl (C=O) groups excluding carboxylic acids is 2. The molecule has 0 saturated carbocycles. The Labute approximate surface area is 153 Å². The maximum absolute atomic E-state index is 12.9. The summed E-state index contributed by atoms with van der Waals surface area (Å²) in [6.07, 6.45) is -1.40. The van der Waals surface area contributed by atoms with Crippen LogP contribution in [0.1, 0.15) is 27.7 Å². The highest BCUT2D eigenvalue weighted by Gasteiger charge is 2.38. The maximum atomic E-state index is 12.9. The number of carbonyl (C=O) groups is 2. The van der Waals surface area contributed by atoms with E-state index >= 15 is 0 Å². The smallest absolute Gasteiger partial charge is 0.410 e. The van der Waals surface area contributed by atoms with Gasteiger partial charge in [-0.1, -0.05) is 12.1 Å². The summed E-state index contributed by atoms with van der Waals surface area (Å²) in [5.74, 6) is 1.12. The number of rotatable bonds is 1. The van der Waals surface area contributed by atoms with Crippen LogP contribution in [0.3, 0.4) is 0 Å². The molecule has 0 N–H and O–H groups in total. The standard InChI is InChI=1S/C19H26N2O5/c1-13-16(25-15-8-6-5-7-14(15)24-13)17(22)20-9-11-21(12-10-20)18(23)26-19(2,3)4/h5-8,13,16H,9-12H2,1-4H3/t13-,16-/m1/s1. The van der Waals surface area contributed by atoms with Gasteiger partial charge in [-0.15, -0.1) is 0 Å².